The van der Waals surface area contributed by atoms with E-state index in [1.165, 1.54) is 0 Å². The smallest absolute Gasteiger partial charge is 0.326 e. The third-order valence-electron chi connectivity index (χ3n) is 6.96. The summed E-state index contributed by atoms with van der Waals surface area (Å²) in [6.45, 7) is 4.90. The Balaban J connectivity index is 2.00. The van der Waals surface area contributed by atoms with E-state index in [0.717, 1.165) is 44.9 Å². The first-order chi connectivity index (χ1) is 16.4. The zero-order valence-electron chi connectivity index (χ0n) is 20.7. The van der Waals surface area contributed by atoms with Gasteiger partial charge < -0.3 is 19.9 Å². The highest BCUT2D eigenvalue weighted by atomic mass is 16.5. The van der Waals surface area contributed by atoms with Crippen LogP contribution in [0.4, 0.5) is 0 Å². The van der Waals surface area contributed by atoms with Crippen molar-refractivity contribution in [2.24, 2.45) is 11.8 Å². The van der Waals surface area contributed by atoms with Gasteiger partial charge in [0.25, 0.3) is 5.91 Å². The molecule has 1 aliphatic rings. The fourth-order valence-corrected chi connectivity index (χ4v) is 4.83. The topological polar surface area (TPSA) is 103 Å². The summed E-state index contributed by atoms with van der Waals surface area (Å²) in [6, 6.07) is 6.32. The Kier molecular flexibility index (Phi) is 8.96. The van der Waals surface area contributed by atoms with Crippen LogP contribution in [0, 0.1) is 11.8 Å². The highest BCUT2D eigenvalue weighted by Crippen LogP contribution is 2.39. The SMILES string of the molecule is CCC(CC)Cn1nc(C(=O)NC(C(=O)O)C2CCCCC2)cc1-c1c(OC)cccc1OC. The highest BCUT2D eigenvalue weighted by molar-refractivity contribution is 5.96. The van der Waals surface area contributed by atoms with E-state index >= 15 is 0 Å². The maximum absolute atomic E-state index is 13.2. The Hall–Kier alpha value is -3.03. The van der Waals surface area contributed by atoms with Gasteiger partial charge in [-0.1, -0.05) is 52.0 Å². The summed E-state index contributed by atoms with van der Waals surface area (Å²) in [5, 5.41) is 17.2. The van der Waals surface area contributed by atoms with Gasteiger partial charge in [0, 0.05) is 6.54 Å². The minimum atomic E-state index is -0.997. The quantitative estimate of drug-likeness (QED) is 0.490. The third kappa shape index (κ3) is 5.72. The number of aliphatic carboxylic acids is 1. The van der Waals surface area contributed by atoms with Crippen LogP contribution in [0.15, 0.2) is 24.3 Å². The summed E-state index contributed by atoms with van der Waals surface area (Å²) in [7, 11) is 3.18. The average Bonchev–Trinajstić information content (AvgIpc) is 3.28. The summed E-state index contributed by atoms with van der Waals surface area (Å²) in [5.74, 6) is 0.0740. The van der Waals surface area contributed by atoms with Gasteiger partial charge in [-0.15, -0.1) is 0 Å². The molecule has 1 atom stereocenters. The lowest BCUT2D eigenvalue weighted by Gasteiger charge is -2.27. The van der Waals surface area contributed by atoms with Crippen LogP contribution in [0.25, 0.3) is 11.3 Å². The minimum absolute atomic E-state index is 0.0596. The Morgan fingerprint density at radius 1 is 1.12 bits per heavy atom. The number of ether oxygens (including phenoxy) is 2. The molecule has 1 aromatic carbocycles. The molecule has 34 heavy (non-hydrogen) atoms. The first-order valence-corrected chi connectivity index (χ1v) is 12.3. The van der Waals surface area contributed by atoms with Crippen LogP contribution < -0.4 is 14.8 Å². The van der Waals surface area contributed by atoms with Crippen molar-refractivity contribution in [3.63, 3.8) is 0 Å². The zero-order valence-corrected chi connectivity index (χ0v) is 20.7. The van der Waals surface area contributed by atoms with Gasteiger partial charge in [-0.2, -0.15) is 5.10 Å². The molecule has 8 heteroatoms. The fourth-order valence-electron chi connectivity index (χ4n) is 4.83. The lowest BCUT2D eigenvalue weighted by molar-refractivity contribution is -0.141. The molecule has 1 aromatic heterocycles. The molecule has 0 aliphatic heterocycles. The van der Waals surface area contributed by atoms with Crippen LogP contribution in [0.3, 0.4) is 0 Å². The molecule has 0 bridgehead atoms. The second-order valence-electron chi connectivity index (χ2n) is 9.00. The number of nitrogens with zero attached hydrogens (tertiary/aromatic N) is 2. The lowest BCUT2D eigenvalue weighted by atomic mass is 9.84. The van der Waals surface area contributed by atoms with Gasteiger partial charge in [-0.25, -0.2) is 4.79 Å². The number of carboxylic acid groups (broad SMARTS) is 1. The molecule has 0 radical (unpaired) electrons. The van der Waals surface area contributed by atoms with Gasteiger partial charge in [-0.05, 0) is 42.9 Å². The number of aromatic nitrogens is 2. The van der Waals surface area contributed by atoms with Crippen LogP contribution in [-0.2, 0) is 11.3 Å². The van der Waals surface area contributed by atoms with E-state index in [0.29, 0.717) is 35.2 Å². The summed E-state index contributed by atoms with van der Waals surface area (Å²) >= 11 is 0. The van der Waals surface area contributed by atoms with Crippen molar-refractivity contribution in [2.45, 2.75) is 71.4 Å². The standard InChI is InChI=1S/C26H37N3O5/c1-5-17(6-2)16-29-20(23-21(33-3)13-10-14-22(23)34-4)15-19(28-29)25(30)27-24(26(31)32)18-11-8-7-9-12-18/h10,13-15,17-18,24H,5-9,11-12,16H2,1-4H3,(H,27,30)(H,31,32). The third-order valence-corrected chi connectivity index (χ3v) is 6.96. The normalized spacial score (nSPS) is 15.2. The minimum Gasteiger partial charge on any atom is -0.496 e. The van der Waals surface area contributed by atoms with Crippen LogP contribution in [0.1, 0.15) is 69.3 Å². The largest absolute Gasteiger partial charge is 0.496 e. The molecule has 0 spiro atoms. The van der Waals surface area contributed by atoms with E-state index in [1.54, 1.807) is 20.3 Å². The van der Waals surface area contributed by atoms with Gasteiger partial charge in [0.2, 0.25) is 0 Å². The van der Waals surface area contributed by atoms with E-state index in [9.17, 15) is 14.7 Å². The van der Waals surface area contributed by atoms with E-state index in [2.05, 4.69) is 24.3 Å². The number of carboxylic acids is 1. The molecule has 2 N–H and O–H groups in total. The van der Waals surface area contributed by atoms with Crippen LogP contribution in [-0.4, -0.2) is 47.0 Å². The van der Waals surface area contributed by atoms with E-state index < -0.39 is 17.9 Å². The molecule has 1 unspecified atom stereocenters. The number of hydrogen-bond donors (Lipinski definition) is 2. The molecule has 3 rings (SSSR count). The Morgan fingerprint density at radius 3 is 2.26 bits per heavy atom. The van der Waals surface area contributed by atoms with Crippen molar-refractivity contribution in [1.29, 1.82) is 0 Å². The van der Waals surface area contributed by atoms with Crippen molar-refractivity contribution >= 4 is 11.9 Å². The number of rotatable bonds is 11. The molecular formula is C26H37N3O5. The number of amides is 1. The van der Waals surface area contributed by atoms with Crippen LogP contribution in [0.2, 0.25) is 0 Å². The van der Waals surface area contributed by atoms with E-state index in [-0.39, 0.29) is 11.6 Å². The molecule has 0 saturated heterocycles. The number of hydrogen-bond acceptors (Lipinski definition) is 5. The van der Waals surface area contributed by atoms with Crippen molar-refractivity contribution < 1.29 is 24.2 Å². The van der Waals surface area contributed by atoms with Crippen LogP contribution >= 0.6 is 0 Å². The van der Waals surface area contributed by atoms with Gasteiger partial charge in [0.05, 0.1) is 25.5 Å². The van der Waals surface area contributed by atoms with Crippen LogP contribution in [0.5, 0.6) is 11.5 Å². The highest BCUT2D eigenvalue weighted by Gasteiger charge is 2.32. The van der Waals surface area contributed by atoms with Crippen molar-refractivity contribution in [3.8, 4) is 22.8 Å². The molecule has 1 fully saturated rings. The Morgan fingerprint density at radius 2 is 1.74 bits per heavy atom. The average molecular weight is 472 g/mol. The fraction of sp³-hybridized carbons (Fsp3) is 0.577. The molecule has 186 valence electrons. The second-order valence-corrected chi connectivity index (χ2v) is 9.00. The first kappa shape index (κ1) is 25.6. The molecule has 1 amide bonds. The number of benzene rings is 1. The van der Waals surface area contributed by atoms with Gasteiger partial charge in [0.15, 0.2) is 5.69 Å². The van der Waals surface area contributed by atoms with Crippen molar-refractivity contribution in [3.05, 3.63) is 30.0 Å². The summed E-state index contributed by atoms with van der Waals surface area (Å²) in [6.07, 6.45) is 6.67. The monoisotopic (exact) mass is 471 g/mol. The predicted molar refractivity (Wildman–Crippen MR) is 130 cm³/mol. The molecule has 1 aliphatic carbocycles. The summed E-state index contributed by atoms with van der Waals surface area (Å²) in [4.78, 5) is 25.2. The number of methoxy groups -OCH3 is 2. The maximum atomic E-state index is 13.2. The molecular weight excluding hydrogens is 434 g/mol. The number of carbonyl (C=O) groups excluding carboxylic acids is 1. The summed E-state index contributed by atoms with van der Waals surface area (Å²) < 4.78 is 13.0. The van der Waals surface area contributed by atoms with Gasteiger partial charge in [-0.3, -0.25) is 9.48 Å². The molecule has 1 saturated carbocycles. The van der Waals surface area contributed by atoms with Gasteiger partial charge in [0.1, 0.15) is 17.5 Å². The van der Waals surface area contributed by atoms with Crippen molar-refractivity contribution in [1.82, 2.24) is 15.1 Å². The maximum Gasteiger partial charge on any atom is 0.326 e. The molecule has 8 nitrogen and oxygen atoms in total. The number of carbonyl (C=O) groups is 2. The van der Waals surface area contributed by atoms with Gasteiger partial charge >= 0.3 is 5.97 Å². The van der Waals surface area contributed by atoms with E-state index in [4.69, 9.17) is 9.47 Å². The van der Waals surface area contributed by atoms with Crippen molar-refractivity contribution in [2.75, 3.05) is 14.2 Å². The van der Waals surface area contributed by atoms with E-state index in [1.807, 2.05) is 22.9 Å². The Bertz CT molecular complexity index is 955. The Labute approximate surface area is 201 Å². The lowest BCUT2D eigenvalue weighted by Crippen LogP contribution is -2.46. The summed E-state index contributed by atoms with van der Waals surface area (Å²) in [5.41, 5.74) is 1.61. The zero-order chi connectivity index (χ0) is 24.7. The molecule has 1 heterocycles. The first-order valence-electron chi connectivity index (χ1n) is 12.3. The molecule has 2 aromatic rings. The predicted octanol–water partition coefficient (Wildman–Crippen LogP) is 4.77. The second kappa shape index (κ2) is 11.9. The number of nitrogens with one attached hydrogen (secondary N) is 1.